The molecule has 2 heterocycles. The molecule has 0 radical (unpaired) electrons. The van der Waals surface area contributed by atoms with Crippen LogP contribution in [0.1, 0.15) is 31.9 Å². The highest BCUT2D eigenvalue weighted by Crippen LogP contribution is 2.39. The van der Waals surface area contributed by atoms with Crippen LogP contribution < -0.4 is 10.1 Å². The second-order valence-corrected chi connectivity index (χ2v) is 7.41. The van der Waals surface area contributed by atoms with Gasteiger partial charge in [0.2, 0.25) is 5.95 Å². The van der Waals surface area contributed by atoms with Crippen LogP contribution in [0.4, 0.5) is 5.95 Å². The molecule has 0 saturated heterocycles. The van der Waals surface area contributed by atoms with Crippen LogP contribution in [0.3, 0.4) is 0 Å². The third-order valence-corrected chi connectivity index (χ3v) is 5.24. The molecule has 0 unspecified atom stereocenters. The van der Waals surface area contributed by atoms with Crippen molar-refractivity contribution in [3.05, 3.63) is 65.4 Å². The summed E-state index contributed by atoms with van der Waals surface area (Å²) in [5.74, 6) is 1.13. The number of rotatable bonds is 8. The van der Waals surface area contributed by atoms with Crippen LogP contribution in [0.15, 0.2) is 59.8 Å². The molecule has 0 spiro atoms. The number of fused-ring (bicyclic) bond motifs is 3. The summed E-state index contributed by atoms with van der Waals surface area (Å²) in [6.07, 6.45) is 0.944. The van der Waals surface area contributed by atoms with Gasteiger partial charge in [0.25, 0.3) is 0 Å². The molecular weight excluding hydrogens is 394 g/mol. The van der Waals surface area contributed by atoms with Crippen LogP contribution >= 0.6 is 0 Å². The molecule has 162 valence electrons. The molecule has 1 atom stereocenters. The van der Waals surface area contributed by atoms with E-state index >= 15 is 0 Å². The number of esters is 1. The van der Waals surface area contributed by atoms with Crippen LogP contribution in [-0.4, -0.2) is 42.5 Å². The molecule has 1 aliphatic heterocycles. The number of nitrogens with zero attached hydrogens (tertiary/aromatic N) is 2. The van der Waals surface area contributed by atoms with Crippen molar-refractivity contribution in [1.82, 2.24) is 9.55 Å². The number of carbonyl (C=O) groups is 1. The van der Waals surface area contributed by atoms with Gasteiger partial charge in [0.05, 0.1) is 35.9 Å². The van der Waals surface area contributed by atoms with Gasteiger partial charge in [0, 0.05) is 12.8 Å². The Hall–Kier alpha value is -3.32. The monoisotopic (exact) mass is 421 g/mol. The molecule has 2 aromatic carbocycles. The highest BCUT2D eigenvalue weighted by Gasteiger charge is 2.34. The van der Waals surface area contributed by atoms with Gasteiger partial charge in [-0.3, -0.25) is 4.57 Å². The fourth-order valence-electron chi connectivity index (χ4n) is 3.81. The fraction of sp³-hybridized carbons (Fsp3) is 0.333. The zero-order valence-corrected chi connectivity index (χ0v) is 18.1. The largest absolute Gasteiger partial charge is 0.494 e. The number of hydrogen-bond donors (Lipinski definition) is 1. The molecule has 0 bridgehead atoms. The molecule has 3 aromatic rings. The normalized spacial score (nSPS) is 15.5. The number of methoxy groups -OCH3 is 1. The van der Waals surface area contributed by atoms with Gasteiger partial charge in [-0.25, -0.2) is 9.78 Å². The van der Waals surface area contributed by atoms with Gasteiger partial charge >= 0.3 is 5.97 Å². The Kier molecular flexibility index (Phi) is 6.23. The first-order chi connectivity index (χ1) is 15.1. The van der Waals surface area contributed by atoms with E-state index in [0.29, 0.717) is 24.7 Å². The van der Waals surface area contributed by atoms with E-state index in [-0.39, 0.29) is 18.6 Å². The Bertz CT molecular complexity index is 1100. The first kappa shape index (κ1) is 20.9. The summed E-state index contributed by atoms with van der Waals surface area (Å²) < 4.78 is 18.3. The lowest BCUT2D eigenvalue weighted by Crippen LogP contribution is -2.29. The van der Waals surface area contributed by atoms with Crippen LogP contribution in [0, 0.1) is 0 Å². The topological polar surface area (TPSA) is 74.6 Å². The summed E-state index contributed by atoms with van der Waals surface area (Å²) in [6, 6.07) is 15.4. The molecule has 31 heavy (non-hydrogen) atoms. The van der Waals surface area contributed by atoms with Crippen molar-refractivity contribution >= 4 is 23.0 Å². The summed E-state index contributed by atoms with van der Waals surface area (Å²) in [5, 5.41) is 3.28. The van der Waals surface area contributed by atoms with Gasteiger partial charge in [-0.2, -0.15) is 0 Å². The molecule has 1 N–H and O–H groups in total. The quantitative estimate of drug-likeness (QED) is 0.432. The Morgan fingerprint density at radius 1 is 1.10 bits per heavy atom. The van der Waals surface area contributed by atoms with E-state index in [9.17, 15) is 4.79 Å². The molecule has 1 aliphatic rings. The lowest BCUT2D eigenvalue weighted by atomic mass is 9.95. The Morgan fingerprint density at radius 3 is 2.61 bits per heavy atom. The van der Waals surface area contributed by atoms with Gasteiger partial charge in [0.15, 0.2) is 0 Å². The predicted octanol–water partition coefficient (Wildman–Crippen LogP) is 4.30. The lowest BCUT2D eigenvalue weighted by Gasteiger charge is -2.30. The molecule has 0 saturated carbocycles. The van der Waals surface area contributed by atoms with E-state index in [1.54, 1.807) is 7.11 Å². The Balaban J connectivity index is 1.79. The zero-order valence-electron chi connectivity index (χ0n) is 18.1. The molecule has 1 aromatic heterocycles. The van der Waals surface area contributed by atoms with Gasteiger partial charge < -0.3 is 19.5 Å². The van der Waals surface area contributed by atoms with Crippen molar-refractivity contribution in [3.8, 4) is 5.75 Å². The minimum Gasteiger partial charge on any atom is -0.494 e. The number of benzene rings is 2. The highest BCUT2D eigenvalue weighted by molar-refractivity contribution is 5.94. The second kappa shape index (κ2) is 9.22. The number of hydrogen-bond acceptors (Lipinski definition) is 6. The number of allylic oxidation sites excluding steroid dienone is 1. The van der Waals surface area contributed by atoms with E-state index in [1.165, 1.54) is 0 Å². The second-order valence-electron chi connectivity index (χ2n) is 7.41. The Labute approximate surface area is 181 Å². The number of anilines is 1. The molecular formula is C24H27N3O4. The van der Waals surface area contributed by atoms with Crippen molar-refractivity contribution in [2.24, 2.45) is 0 Å². The van der Waals surface area contributed by atoms with Crippen LogP contribution in [0.2, 0.25) is 0 Å². The van der Waals surface area contributed by atoms with Crippen molar-refractivity contribution in [2.45, 2.75) is 26.3 Å². The third kappa shape index (κ3) is 4.14. The number of imidazole rings is 1. The summed E-state index contributed by atoms with van der Waals surface area (Å²) in [5.41, 5.74) is 4.03. The minimum atomic E-state index is -0.376. The van der Waals surface area contributed by atoms with E-state index in [1.807, 2.05) is 55.5 Å². The maximum absolute atomic E-state index is 13.1. The van der Waals surface area contributed by atoms with Crippen LogP contribution in [0.25, 0.3) is 11.0 Å². The van der Waals surface area contributed by atoms with E-state index in [0.717, 1.165) is 34.5 Å². The summed E-state index contributed by atoms with van der Waals surface area (Å²) in [6.45, 7) is 5.16. The van der Waals surface area contributed by atoms with Gasteiger partial charge in [-0.1, -0.05) is 31.2 Å². The standard InChI is InChI=1S/C24H27N3O4/c1-4-13-30-18-11-9-17(10-12-18)22-21(23(28)31-15-14-29-3)16(2)25-24-26-19-7-5-6-8-20(19)27(22)24/h5-12,22H,4,13-15H2,1-3H3,(H,25,26)/t22-/m0/s1. The van der Waals surface area contributed by atoms with Crippen molar-refractivity contribution in [3.63, 3.8) is 0 Å². The molecule has 4 rings (SSSR count). The number of para-hydroxylation sites is 2. The number of nitrogens with one attached hydrogen (secondary N) is 1. The zero-order chi connectivity index (χ0) is 21.8. The molecule has 0 aliphatic carbocycles. The Morgan fingerprint density at radius 2 is 1.87 bits per heavy atom. The molecule has 0 amide bonds. The summed E-state index contributed by atoms with van der Waals surface area (Å²) >= 11 is 0. The average molecular weight is 421 g/mol. The highest BCUT2D eigenvalue weighted by atomic mass is 16.6. The predicted molar refractivity (Wildman–Crippen MR) is 119 cm³/mol. The number of aromatic nitrogens is 2. The number of carbonyl (C=O) groups excluding carboxylic acids is 1. The summed E-state index contributed by atoms with van der Waals surface area (Å²) in [7, 11) is 1.58. The van der Waals surface area contributed by atoms with Crippen molar-refractivity contribution in [1.29, 1.82) is 0 Å². The van der Waals surface area contributed by atoms with E-state index in [2.05, 4.69) is 16.8 Å². The summed E-state index contributed by atoms with van der Waals surface area (Å²) in [4.78, 5) is 17.8. The van der Waals surface area contributed by atoms with E-state index < -0.39 is 0 Å². The lowest BCUT2D eigenvalue weighted by molar-refractivity contribution is -0.140. The first-order valence-electron chi connectivity index (χ1n) is 10.5. The smallest absolute Gasteiger partial charge is 0.338 e. The first-order valence-corrected chi connectivity index (χ1v) is 10.5. The molecule has 7 nitrogen and oxygen atoms in total. The van der Waals surface area contributed by atoms with Gasteiger partial charge in [0.1, 0.15) is 12.4 Å². The van der Waals surface area contributed by atoms with Gasteiger partial charge in [-0.15, -0.1) is 0 Å². The number of ether oxygens (including phenoxy) is 3. The van der Waals surface area contributed by atoms with Crippen molar-refractivity contribution < 1.29 is 19.0 Å². The van der Waals surface area contributed by atoms with Gasteiger partial charge in [-0.05, 0) is 43.2 Å². The van der Waals surface area contributed by atoms with Crippen molar-refractivity contribution in [2.75, 3.05) is 32.2 Å². The van der Waals surface area contributed by atoms with E-state index in [4.69, 9.17) is 19.2 Å². The SMILES string of the molecule is CCCOc1ccc([C@H]2C(C(=O)OCCOC)=C(C)Nc3nc4ccccc4n32)cc1. The molecule has 7 heteroatoms. The van der Waals surface area contributed by atoms with Crippen LogP contribution in [0.5, 0.6) is 5.75 Å². The maximum Gasteiger partial charge on any atom is 0.338 e. The minimum absolute atomic E-state index is 0.195. The molecule has 0 fully saturated rings. The van der Waals surface area contributed by atoms with Crippen LogP contribution in [-0.2, 0) is 14.3 Å². The fourth-order valence-corrected chi connectivity index (χ4v) is 3.81. The third-order valence-electron chi connectivity index (χ3n) is 5.24. The average Bonchev–Trinajstić information content (AvgIpc) is 3.15. The maximum atomic E-state index is 13.1.